The highest BCUT2D eigenvalue weighted by Gasteiger charge is 2.32. The molecule has 67 heavy (non-hydrogen) atoms. The highest BCUT2D eigenvalue weighted by molar-refractivity contribution is 6.12. The summed E-state index contributed by atoms with van der Waals surface area (Å²) in [6.07, 6.45) is 4.61. The Kier molecular flexibility index (Phi) is 10.4. The van der Waals surface area contributed by atoms with Crippen LogP contribution >= 0.6 is 0 Å². The zero-order valence-electron chi connectivity index (χ0n) is 36.7. The number of nitrogens with zero attached hydrogens (tertiary/aromatic N) is 4. The van der Waals surface area contributed by atoms with Crippen LogP contribution in [0.4, 0.5) is 4.39 Å². The first-order chi connectivity index (χ1) is 33.1. The second-order valence-electron chi connectivity index (χ2n) is 16.7. The molecule has 0 bridgehead atoms. The Morgan fingerprint density at radius 1 is 0.448 bits per heavy atom. The van der Waals surface area contributed by atoms with Crippen LogP contribution in [0.1, 0.15) is 34.9 Å². The Morgan fingerprint density at radius 2 is 0.836 bits per heavy atom. The Balaban J connectivity index is 1.36. The van der Waals surface area contributed by atoms with Gasteiger partial charge in [-0.1, -0.05) is 200 Å². The number of hydrogen-bond donors (Lipinski definition) is 0. The molecule has 9 aromatic carbocycles. The van der Waals surface area contributed by atoms with Crippen molar-refractivity contribution in [2.75, 3.05) is 0 Å². The lowest BCUT2D eigenvalue weighted by Gasteiger charge is -2.24. The summed E-state index contributed by atoms with van der Waals surface area (Å²) < 4.78 is 22.4. The van der Waals surface area contributed by atoms with Gasteiger partial charge in [0.05, 0.1) is 27.9 Å². The van der Waals surface area contributed by atoms with Gasteiger partial charge in [-0.25, -0.2) is 4.39 Å². The molecule has 0 fully saturated rings. The van der Waals surface area contributed by atoms with Crippen molar-refractivity contribution >= 4 is 38.8 Å². The molecule has 11 rings (SSSR count). The van der Waals surface area contributed by atoms with E-state index < -0.39 is 5.82 Å². The van der Waals surface area contributed by atoms with E-state index in [1.54, 1.807) is 0 Å². The summed E-state index contributed by atoms with van der Waals surface area (Å²) in [6, 6.07) is 74.5. The van der Waals surface area contributed by atoms with Gasteiger partial charge in [-0.3, -0.25) is 0 Å². The zero-order chi connectivity index (χ0) is 45.4. The van der Waals surface area contributed by atoms with E-state index in [1.165, 1.54) is 0 Å². The molecule has 0 aliphatic heterocycles. The summed E-state index contributed by atoms with van der Waals surface area (Å²) in [5.41, 5.74) is 12.9. The molecule has 5 heteroatoms. The summed E-state index contributed by atoms with van der Waals surface area (Å²) >= 11 is 0. The normalized spacial score (nSPS) is 11.4. The summed E-state index contributed by atoms with van der Waals surface area (Å²) in [4.78, 5) is 0. The molecule has 0 saturated carbocycles. The molecule has 0 radical (unpaired) electrons. The highest BCUT2D eigenvalue weighted by atomic mass is 19.1. The number of aromatic nitrogens is 2. The minimum absolute atomic E-state index is 0.210. The molecule has 0 aliphatic carbocycles. The van der Waals surface area contributed by atoms with Crippen molar-refractivity contribution in [1.29, 1.82) is 10.5 Å². The number of benzene rings is 9. The summed E-state index contributed by atoms with van der Waals surface area (Å²) in [7, 11) is 0. The molecular formula is C62H41FN4. The third-order valence-corrected chi connectivity index (χ3v) is 12.9. The third-order valence-electron chi connectivity index (χ3n) is 12.9. The quantitative estimate of drug-likeness (QED) is 0.145. The SMILES string of the molecule is C/C=C\c1c(Cc2ccccc2)n(-c2c(C#N)c(F)c(C#N)c(-n3c4cc(-c5ccccc5)ccc4c4ccc(-c5ccccc5)cc43)c2-c2ccccc2)c2cc(-c3ccccc3)ccc12. The van der Waals surface area contributed by atoms with Gasteiger partial charge in [-0.15, -0.1) is 0 Å². The van der Waals surface area contributed by atoms with E-state index >= 15 is 4.39 Å². The average Bonchev–Trinajstić information content (AvgIpc) is 3.87. The molecule has 2 aromatic heterocycles. The molecular weight excluding hydrogens is 820 g/mol. The number of allylic oxidation sites excluding steroid dienone is 1. The first kappa shape index (κ1) is 40.7. The van der Waals surface area contributed by atoms with E-state index in [0.29, 0.717) is 23.4 Å². The van der Waals surface area contributed by atoms with Crippen LogP contribution in [0.3, 0.4) is 0 Å². The van der Waals surface area contributed by atoms with E-state index in [-0.39, 0.29) is 11.1 Å². The molecule has 11 aromatic rings. The van der Waals surface area contributed by atoms with E-state index in [1.807, 2.05) is 116 Å². The van der Waals surface area contributed by atoms with Crippen LogP contribution in [0, 0.1) is 28.5 Å². The Labute approximate surface area is 388 Å². The third kappa shape index (κ3) is 6.99. The number of fused-ring (bicyclic) bond motifs is 4. The lowest BCUT2D eigenvalue weighted by Crippen LogP contribution is -2.13. The van der Waals surface area contributed by atoms with Crippen LogP contribution in [-0.4, -0.2) is 9.13 Å². The van der Waals surface area contributed by atoms with Gasteiger partial charge in [0.2, 0.25) is 0 Å². The molecule has 0 amide bonds. The fraction of sp³-hybridized carbons (Fsp3) is 0.0323. The van der Waals surface area contributed by atoms with Crippen LogP contribution < -0.4 is 0 Å². The van der Waals surface area contributed by atoms with Crippen LogP contribution in [0.2, 0.25) is 0 Å². The molecule has 2 heterocycles. The van der Waals surface area contributed by atoms with E-state index in [0.717, 1.165) is 88.5 Å². The van der Waals surface area contributed by atoms with E-state index in [2.05, 4.69) is 130 Å². The van der Waals surface area contributed by atoms with E-state index in [4.69, 9.17) is 0 Å². The fourth-order valence-electron chi connectivity index (χ4n) is 9.85. The lowest BCUT2D eigenvalue weighted by molar-refractivity contribution is 0.618. The van der Waals surface area contributed by atoms with Crippen molar-refractivity contribution in [3.8, 4) is 68.0 Å². The molecule has 0 saturated heterocycles. The van der Waals surface area contributed by atoms with Crippen molar-refractivity contribution < 1.29 is 4.39 Å². The lowest BCUT2D eigenvalue weighted by atomic mass is 9.92. The first-order valence-electron chi connectivity index (χ1n) is 22.4. The minimum atomic E-state index is -0.873. The maximum Gasteiger partial charge on any atom is 0.163 e. The predicted molar refractivity (Wildman–Crippen MR) is 273 cm³/mol. The second kappa shape index (κ2) is 17.2. The fourth-order valence-corrected chi connectivity index (χ4v) is 9.85. The van der Waals surface area contributed by atoms with Gasteiger partial charge >= 0.3 is 0 Å². The van der Waals surface area contributed by atoms with Crippen LogP contribution in [0.15, 0.2) is 212 Å². The van der Waals surface area contributed by atoms with Gasteiger partial charge in [0, 0.05) is 39.4 Å². The largest absolute Gasteiger partial charge is 0.310 e. The van der Waals surface area contributed by atoms with Gasteiger partial charge in [0.25, 0.3) is 0 Å². The Morgan fingerprint density at radius 3 is 1.27 bits per heavy atom. The van der Waals surface area contributed by atoms with Gasteiger partial charge in [-0.05, 0) is 69.6 Å². The molecule has 0 atom stereocenters. The Bertz CT molecular complexity index is 3680. The van der Waals surface area contributed by atoms with E-state index in [9.17, 15) is 10.5 Å². The summed E-state index contributed by atoms with van der Waals surface area (Å²) in [5.74, 6) is -0.873. The second-order valence-corrected chi connectivity index (χ2v) is 16.7. The van der Waals surface area contributed by atoms with Gasteiger partial charge in [-0.2, -0.15) is 10.5 Å². The number of halogens is 1. The number of rotatable bonds is 9. The molecule has 0 spiro atoms. The molecule has 4 nitrogen and oxygen atoms in total. The minimum Gasteiger partial charge on any atom is -0.310 e. The smallest absolute Gasteiger partial charge is 0.163 e. The van der Waals surface area contributed by atoms with Crippen molar-refractivity contribution in [3.63, 3.8) is 0 Å². The molecule has 316 valence electrons. The topological polar surface area (TPSA) is 57.4 Å². The summed E-state index contributed by atoms with van der Waals surface area (Å²) in [6.45, 7) is 2.00. The zero-order valence-corrected chi connectivity index (χ0v) is 36.7. The Hall–Kier alpha value is -9.03. The van der Waals surface area contributed by atoms with Gasteiger partial charge < -0.3 is 9.13 Å². The molecule has 0 N–H and O–H groups in total. The van der Waals surface area contributed by atoms with Crippen molar-refractivity contribution in [1.82, 2.24) is 9.13 Å². The summed E-state index contributed by atoms with van der Waals surface area (Å²) in [5, 5.41) is 25.6. The monoisotopic (exact) mass is 860 g/mol. The maximum atomic E-state index is 18.2. The average molecular weight is 861 g/mol. The standard InChI is InChI=1S/C62H41FN4/c1-2-18-49-50-32-29-46(42-21-10-4-11-22-42)36-56(50)66(55(49)35-41-19-8-3-9-20-41)61-53(39-64)60(63)54(40-65)62(59(61)45-27-16-7-17-28-45)67-57-37-47(43-23-12-5-13-24-43)30-33-51(57)52-34-31-48(38-58(52)67)44-25-14-6-15-26-44/h2-34,36-38H,35H2,1H3/b18-2-. The van der Waals surface area contributed by atoms with Gasteiger partial charge in [0.15, 0.2) is 5.82 Å². The van der Waals surface area contributed by atoms with Crippen molar-refractivity contribution in [3.05, 3.63) is 246 Å². The van der Waals surface area contributed by atoms with Crippen molar-refractivity contribution in [2.24, 2.45) is 0 Å². The highest BCUT2D eigenvalue weighted by Crippen LogP contribution is 2.47. The first-order valence-corrected chi connectivity index (χ1v) is 22.4. The number of hydrogen-bond acceptors (Lipinski definition) is 2. The maximum absolute atomic E-state index is 18.2. The molecule has 0 unspecified atom stereocenters. The molecule has 0 aliphatic rings. The van der Waals surface area contributed by atoms with Crippen LogP contribution in [0.25, 0.3) is 94.7 Å². The van der Waals surface area contributed by atoms with Gasteiger partial charge in [0.1, 0.15) is 23.3 Å². The number of nitriles is 2. The van der Waals surface area contributed by atoms with Crippen LogP contribution in [-0.2, 0) is 6.42 Å². The van der Waals surface area contributed by atoms with Crippen LogP contribution in [0.5, 0.6) is 0 Å². The predicted octanol–water partition coefficient (Wildman–Crippen LogP) is 15.9. The van der Waals surface area contributed by atoms with Crippen molar-refractivity contribution in [2.45, 2.75) is 13.3 Å².